The number of methoxy groups -OCH3 is 1. The van der Waals surface area contributed by atoms with E-state index < -0.39 is 110 Å². The standard InChI is InChI=1S/C28H17BrCl2F5N3O7/c1-46-12-5-7(4-11(29)21(12)40)14-8-2-3-9-13(23(42)39(22(9)41)26(37)45)10(8)6-27(30)24(43)38(25(44)28(14,27)31)20-18(35)16(33)15(32)17(34)19(20)36/h2,4-5,9-10,13-14,40H,3,6H2,1H3,(H2,37,45). The number of amides is 6. The number of fused-ring (bicyclic) bond motifs is 4. The van der Waals surface area contributed by atoms with E-state index in [1.165, 1.54) is 25.3 Å². The van der Waals surface area contributed by atoms with Gasteiger partial charge in [0.15, 0.2) is 44.5 Å². The number of halogens is 8. The molecule has 6 amide bonds. The molecule has 3 N–H and O–H groups in total. The van der Waals surface area contributed by atoms with E-state index in [1.54, 1.807) is 0 Å². The van der Waals surface area contributed by atoms with E-state index in [0.717, 1.165) is 0 Å². The molecule has 46 heavy (non-hydrogen) atoms. The lowest BCUT2D eigenvalue weighted by atomic mass is 9.56. The van der Waals surface area contributed by atoms with Crippen molar-refractivity contribution in [3.63, 3.8) is 0 Å². The van der Waals surface area contributed by atoms with E-state index >= 15 is 8.78 Å². The van der Waals surface area contributed by atoms with Crippen molar-refractivity contribution >= 4 is 74.5 Å². The monoisotopic (exact) mass is 751 g/mol. The number of carbonyl (C=O) groups excluding carboxylic acids is 5. The van der Waals surface area contributed by atoms with Crippen LogP contribution in [0.1, 0.15) is 24.3 Å². The molecule has 2 heterocycles. The number of anilines is 1. The first-order chi connectivity index (χ1) is 21.4. The van der Waals surface area contributed by atoms with Gasteiger partial charge in [-0.25, -0.2) is 31.6 Å². The molecule has 0 spiro atoms. The number of hydrogen-bond acceptors (Lipinski definition) is 7. The Kier molecular flexibility index (Phi) is 7.26. The van der Waals surface area contributed by atoms with Crippen LogP contribution in [0, 0.1) is 46.8 Å². The number of phenols is 1. The molecule has 0 aromatic heterocycles. The van der Waals surface area contributed by atoms with Crippen molar-refractivity contribution in [1.82, 2.24) is 4.90 Å². The van der Waals surface area contributed by atoms with E-state index in [4.69, 9.17) is 33.7 Å². The van der Waals surface area contributed by atoms with Gasteiger partial charge >= 0.3 is 6.03 Å². The maximum Gasteiger partial charge on any atom is 0.328 e. The normalized spacial score (nSPS) is 30.3. The largest absolute Gasteiger partial charge is 0.503 e. The lowest BCUT2D eigenvalue weighted by Gasteiger charge is -2.50. The lowest BCUT2D eigenvalue weighted by Crippen LogP contribution is -2.60. The van der Waals surface area contributed by atoms with Gasteiger partial charge in [0.25, 0.3) is 11.8 Å². The molecule has 2 aliphatic heterocycles. The Labute approximate surface area is 272 Å². The second kappa shape index (κ2) is 10.4. The second-order valence-corrected chi connectivity index (χ2v) is 13.2. The van der Waals surface area contributed by atoms with Crippen molar-refractivity contribution in [2.75, 3.05) is 12.0 Å². The fourth-order valence-corrected chi connectivity index (χ4v) is 8.47. The summed E-state index contributed by atoms with van der Waals surface area (Å²) in [6, 6.07) is 1.06. The van der Waals surface area contributed by atoms with E-state index in [9.17, 15) is 42.3 Å². The summed E-state index contributed by atoms with van der Waals surface area (Å²) in [5, 5.41) is 10.5. The molecule has 242 valence electrons. The van der Waals surface area contributed by atoms with Gasteiger partial charge in [0.1, 0.15) is 5.69 Å². The minimum Gasteiger partial charge on any atom is -0.503 e. The number of nitrogens with zero attached hydrogens (tertiary/aromatic N) is 2. The van der Waals surface area contributed by atoms with Crippen molar-refractivity contribution in [2.24, 2.45) is 23.5 Å². The second-order valence-electron chi connectivity index (χ2n) is 11.1. The van der Waals surface area contributed by atoms with E-state index in [1.807, 2.05) is 0 Å². The molecule has 0 radical (unpaired) electrons. The van der Waals surface area contributed by atoms with E-state index in [-0.39, 0.29) is 37.6 Å². The SMILES string of the molecule is COc1cc(C2C3=CCC4C(=O)N(C(N)=O)C(=O)C4C3CC3(Cl)C(=O)N(c4c(F)c(F)c(F)c(F)c4F)C(=O)C23Cl)cc(Br)c1O. The number of nitrogens with two attached hydrogens (primary N) is 1. The number of benzene rings is 2. The van der Waals surface area contributed by atoms with Crippen molar-refractivity contribution in [2.45, 2.75) is 28.5 Å². The summed E-state index contributed by atoms with van der Waals surface area (Å²) in [6.45, 7) is 0. The van der Waals surface area contributed by atoms with Crippen LogP contribution in [0.3, 0.4) is 0 Å². The Morgan fingerprint density at radius 3 is 2.13 bits per heavy atom. The summed E-state index contributed by atoms with van der Waals surface area (Å²) < 4.78 is 77.9. The number of phenolic OH excluding ortho intramolecular Hbond substituents is 1. The van der Waals surface area contributed by atoms with Crippen molar-refractivity contribution in [3.8, 4) is 11.5 Å². The number of imide groups is 4. The molecule has 2 saturated heterocycles. The van der Waals surface area contributed by atoms with Crippen molar-refractivity contribution in [3.05, 3.63) is 62.9 Å². The van der Waals surface area contributed by atoms with E-state index in [0.29, 0.717) is 0 Å². The minimum atomic E-state index is -2.78. The van der Waals surface area contributed by atoms with Gasteiger partial charge < -0.3 is 15.6 Å². The Bertz CT molecular complexity index is 1850. The van der Waals surface area contributed by atoms with Gasteiger partial charge in [-0.1, -0.05) is 11.6 Å². The van der Waals surface area contributed by atoms with Crippen LogP contribution in [0.4, 0.5) is 32.4 Å². The molecule has 2 aromatic carbocycles. The Hall–Kier alpha value is -3.76. The van der Waals surface area contributed by atoms with Crippen LogP contribution in [0.2, 0.25) is 0 Å². The predicted octanol–water partition coefficient (Wildman–Crippen LogP) is 4.50. The maximum atomic E-state index is 15.1. The van der Waals surface area contributed by atoms with Gasteiger partial charge in [-0.3, -0.25) is 19.2 Å². The first-order valence-electron chi connectivity index (χ1n) is 13.2. The molecular weight excluding hydrogens is 736 g/mol. The van der Waals surface area contributed by atoms with Crippen LogP contribution in [-0.2, 0) is 19.2 Å². The van der Waals surface area contributed by atoms with Crippen molar-refractivity contribution in [1.29, 1.82) is 0 Å². The van der Waals surface area contributed by atoms with Crippen LogP contribution < -0.4 is 15.4 Å². The minimum absolute atomic E-state index is 0.0140. The topological polar surface area (TPSA) is 147 Å². The molecule has 10 nitrogen and oxygen atoms in total. The smallest absolute Gasteiger partial charge is 0.328 e. The number of rotatable bonds is 3. The molecule has 6 rings (SSSR count). The van der Waals surface area contributed by atoms with Gasteiger partial charge in [-0.05, 0) is 52.4 Å². The Balaban J connectivity index is 1.63. The molecule has 2 aromatic rings. The molecule has 6 unspecified atom stereocenters. The highest BCUT2D eigenvalue weighted by atomic mass is 79.9. The third-order valence-electron chi connectivity index (χ3n) is 9.05. The first-order valence-corrected chi connectivity index (χ1v) is 14.7. The molecule has 6 atom stereocenters. The van der Waals surface area contributed by atoms with Gasteiger partial charge in [0.05, 0.1) is 23.4 Å². The van der Waals surface area contributed by atoms with Crippen LogP contribution >= 0.6 is 39.1 Å². The molecule has 1 saturated carbocycles. The van der Waals surface area contributed by atoms with Crippen LogP contribution in [0.25, 0.3) is 0 Å². The zero-order chi connectivity index (χ0) is 33.9. The summed E-state index contributed by atoms with van der Waals surface area (Å²) >= 11 is 17.1. The fraction of sp³-hybridized carbons (Fsp3) is 0.321. The quantitative estimate of drug-likeness (QED) is 0.117. The average Bonchev–Trinajstić information content (AvgIpc) is 3.35. The summed E-state index contributed by atoms with van der Waals surface area (Å²) in [6.07, 6.45) is 0.475. The Morgan fingerprint density at radius 1 is 0.978 bits per heavy atom. The highest BCUT2D eigenvalue weighted by Crippen LogP contribution is 2.66. The maximum absolute atomic E-state index is 15.1. The summed E-state index contributed by atoms with van der Waals surface area (Å²) in [4.78, 5) is 61.2. The van der Waals surface area contributed by atoms with E-state index in [2.05, 4.69) is 15.9 Å². The Morgan fingerprint density at radius 2 is 1.57 bits per heavy atom. The first kappa shape index (κ1) is 32.2. The van der Waals surface area contributed by atoms with Crippen LogP contribution in [-0.4, -0.2) is 56.5 Å². The number of alkyl halides is 2. The van der Waals surface area contributed by atoms with Crippen molar-refractivity contribution < 1.29 is 55.8 Å². The summed E-state index contributed by atoms with van der Waals surface area (Å²) in [5.74, 6) is -23.9. The molecule has 3 fully saturated rings. The number of aromatic hydroxyl groups is 1. The molecule has 4 aliphatic rings. The van der Waals surface area contributed by atoms with Gasteiger partial charge in [0, 0.05) is 5.92 Å². The van der Waals surface area contributed by atoms with Gasteiger partial charge in [-0.15, -0.1) is 23.2 Å². The zero-order valence-electron chi connectivity index (χ0n) is 22.8. The number of carbonyl (C=O) groups is 5. The molecular formula is C28H17BrCl2F5N3O7. The van der Waals surface area contributed by atoms with Crippen LogP contribution in [0.5, 0.6) is 11.5 Å². The highest BCUT2D eigenvalue weighted by Gasteiger charge is 2.77. The predicted molar refractivity (Wildman–Crippen MR) is 150 cm³/mol. The number of ether oxygens (including phenoxy) is 1. The molecule has 2 aliphatic carbocycles. The molecule has 18 heteroatoms. The number of urea groups is 1. The number of primary amides is 1. The number of hydrogen-bond donors (Lipinski definition) is 2. The zero-order valence-corrected chi connectivity index (χ0v) is 25.9. The van der Waals surface area contributed by atoms with Gasteiger partial charge in [0.2, 0.25) is 17.6 Å². The third-order valence-corrected chi connectivity index (χ3v) is 11.1. The number of likely N-dealkylation sites (tertiary alicyclic amines) is 1. The lowest BCUT2D eigenvalue weighted by molar-refractivity contribution is -0.136. The van der Waals surface area contributed by atoms with Gasteiger partial charge in [-0.2, -0.15) is 4.90 Å². The molecule has 0 bridgehead atoms. The fourth-order valence-electron chi connectivity index (χ4n) is 7.07. The van der Waals surface area contributed by atoms with Crippen LogP contribution in [0.15, 0.2) is 28.3 Å². The third kappa shape index (κ3) is 3.83. The average molecular weight is 753 g/mol. The summed E-state index contributed by atoms with van der Waals surface area (Å²) in [5.41, 5.74) is 3.46. The highest BCUT2D eigenvalue weighted by molar-refractivity contribution is 9.10. The number of allylic oxidation sites excluding steroid dienone is 2. The summed E-state index contributed by atoms with van der Waals surface area (Å²) in [7, 11) is 1.18.